The van der Waals surface area contributed by atoms with E-state index in [1.807, 2.05) is 35.9 Å². The standard InChI is InChI=1S/C14H21N3O/c1-4-15-10-9-11(2)17-13-8-6-5-7-12(13)16(3)14(17)18/h5-8,11,15H,4,9-10H2,1-3H3. The number of para-hydroxylation sites is 2. The fourth-order valence-corrected chi connectivity index (χ4v) is 2.36. The van der Waals surface area contributed by atoms with E-state index in [9.17, 15) is 4.79 Å². The monoisotopic (exact) mass is 247 g/mol. The van der Waals surface area contributed by atoms with Gasteiger partial charge < -0.3 is 5.32 Å². The van der Waals surface area contributed by atoms with Crippen LogP contribution in [0.5, 0.6) is 0 Å². The Morgan fingerprint density at radius 1 is 1.28 bits per heavy atom. The molecular formula is C14H21N3O. The lowest BCUT2D eigenvalue weighted by atomic mass is 10.2. The maximum Gasteiger partial charge on any atom is 0.329 e. The molecule has 0 aliphatic rings. The molecule has 18 heavy (non-hydrogen) atoms. The zero-order valence-corrected chi connectivity index (χ0v) is 11.3. The van der Waals surface area contributed by atoms with Crippen LogP contribution in [0.1, 0.15) is 26.3 Å². The highest BCUT2D eigenvalue weighted by molar-refractivity contribution is 5.76. The summed E-state index contributed by atoms with van der Waals surface area (Å²) in [6, 6.07) is 8.16. The first-order valence-electron chi connectivity index (χ1n) is 6.53. The number of imidazole rings is 1. The van der Waals surface area contributed by atoms with Gasteiger partial charge in [0, 0.05) is 13.1 Å². The third-order valence-electron chi connectivity index (χ3n) is 3.43. The SMILES string of the molecule is CCNCCC(C)n1c(=O)n(C)c2ccccc21. The molecule has 1 heterocycles. The Labute approximate surface area is 107 Å². The largest absolute Gasteiger partial charge is 0.329 e. The van der Waals surface area contributed by atoms with Crippen molar-refractivity contribution in [3.05, 3.63) is 34.7 Å². The summed E-state index contributed by atoms with van der Waals surface area (Å²) in [5.74, 6) is 0. The van der Waals surface area contributed by atoms with Gasteiger partial charge in [0.15, 0.2) is 0 Å². The Balaban J connectivity index is 2.38. The second-order valence-electron chi connectivity index (χ2n) is 4.69. The zero-order chi connectivity index (χ0) is 13.1. The summed E-state index contributed by atoms with van der Waals surface area (Å²) < 4.78 is 3.62. The Morgan fingerprint density at radius 2 is 1.94 bits per heavy atom. The predicted molar refractivity (Wildman–Crippen MR) is 75.1 cm³/mol. The molecule has 0 bridgehead atoms. The van der Waals surface area contributed by atoms with Crippen LogP contribution < -0.4 is 11.0 Å². The van der Waals surface area contributed by atoms with Crippen molar-refractivity contribution >= 4 is 11.0 Å². The quantitative estimate of drug-likeness (QED) is 0.820. The van der Waals surface area contributed by atoms with Crippen LogP contribution in [0.15, 0.2) is 29.1 Å². The van der Waals surface area contributed by atoms with E-state index in [0.717, 1.165) is 30.5 Å². The van der Waals surface area contributed by atoms with Crippen molar-refractivity contribution in [2.75, 3.05) is 13.1 Å². The third kappa shape index (κ3) is 2.20. The molecule has 1 atom stereocenters. The van der Waals surface area contributed by atoms with Gasteiger partial charge in [0.25, 0.3) is 0 Å². The van der Waals surface area contributed by atoms with Gasteiger partial charge in [-0.05, 0) is 38.6 Å². The summed E-state index contributed by atoms with van der Waals surface area (Å²) in [6.45, 7) is 6.10. The van der Waals surface area contributed by atoms with Crippen LogP contribution in [0.3, 0.4) is 0 Å². The molecule has 1 unspecified atom stereocenters. The number of benzene rings is 1. The van der Waals surface area contributed by atoms with Crippen molar-refractivity contribution in [2.45, 2.75) is 26.3 Å². The fourth-order valence-electron chi connectivity index (χ4n) is 2.36. The molecule has 0 saturated carbocycles. The van der Waals surface area contributed by atoms with E-state index in [4.69, 9.17) is 0 Å². The predicted octanol–water partition coefficient (Wildman–Crippen LogP) is 1.90. The van der Waals surface area contributed by atoms with Crippen LogP contribution in [0, 0.1) is 0 Å². The number of fused-ring (bicyclic) bond motifs is 1. The topological polar surface area (TPSA) is 39.0 Å². The number of hydrogen-bond acceptors (Lipinski definition) is 2. The molecule has 98 valence electrons. The van der Waals surface area contributed by atoms with E-state index in [1.54, 1.807) is 4.57 Å². The van der Waals surface area contributed by atoms with Crippen molar-refractivity contribution in [1.29, 1.82) is 0 Å². The molecule has 0 radical (unpaired) electrons. The maximum atomic E-state index is 12.3. The molecule has 4 heteroatoms. The highest BCUT2D eigenvalue weighted by Gasteiger charge is 2.14. The molecule has 1 aromatic heterocycles. The summed E-state index contributed by atoms with van der Waals surface area (Å²) in [6.07, 6.45) is 0.960. The maximum absolute atomic E-state index is 12.3. The van der Waals surface area contributed by atoms with E-state index >= 15 is 0 Å². The highest BCUT2D eigenvalue weighted by Crippen LogP contribution is 2.17. The molecule has 1 N–H and O–H groups in total. The van der Waals surface area contributed by atoms with Gasteiger partial charge in [0.2, 0.25) is 0 Å². The van der Waals surface area contributed by atoms with Gasteiger partial charge in [-0.25, -0.2) is 4.79 Å². The normalized spacial score (nSPS) is 13.1. The Kier molecular flexibility index (Phi) is 3.87. The number of nitrogens with zero attached hydrogens (tertiary/aromatic N) is 2. The second kappa shape index (κ2) is 5.40. The van der Waals surface area contributed by atoms with E-state index in [0.29, 0.717) is 0 Å². The molecule has 0 fully saturated rings. The summed E-state index contributed by atoms with van der Waals surface area (Å²) in [7, 11) is 1.83. The number of nitrogens with one attached hydrogen (secondary N) is 1. The Bertz CT molecular complexity index is 582. The molecule has 4 nitrogen and oxygen atoms in total. The second-order valence-corrected chi connectivity index (χ2v) is 4.69. The fraction of sp³-hybridized carbons (Fsp3) is 0.500. The summed E-state index contributed by atoms with van der Waals surface area (Å²) in [5.41, 5.74) is 2.09. The molecule has 0 aliphatic carbocycles. The lowest BCUT2D eigenvalue weighted by Gasteiger charge is -2.13. The lowest BCUT2D eigenvalue weighted by Crippen LogP contribution is -2.27. The first-order valence-corrected chi connectivity index (χ1v) is 6.53. The number of rotatable bonds is 5. The minimum atomic E-state index is 0.0696. The van der Waals surface area contributed by atoms with Gasteiger partial charge in [-0.2, -0.15) is 0 Å². The lowest BCUT2D eigenvalue weighted by molar-refractivity contribution is 0.481. The Hall–Kier alpha value is -1.55. The molecule has 0 spiro atoms. The van der Waals surface area contributed by atoms with E-state index in [-0.39, 0.29) is 11.7 Å². The first kappa shape index (κ1) is 12.9. The molecule has 2 aromatic rings. The Morgan fingerprint density at radius 3 is 2.61 bits per heavy atom. The summed E-state index contributed by atoms with van der Waals surface area (Å²) >= 11 is 0. The first-order chi connectivity index (χ1) is 8.66. The smallest absolute Gasteiger partial charge is 0.317 e. The van der Waals surface area contributed by atoms with Crippen LogP contribution in [-0.2, 0) is 7.05 Å². The third-order valence-corrected chi connectivity index (χ3v) is 3.43. The van der Waals surface area contributed by atoms with Crippen LogP contribution >= 0.6 is 0 Å². The number of hydrogen-bond donors (Lipinski definition) is 1. The summed E-state index contributed by atoms with van der Waals surface area (Å²) in [5, 5.41) is 3.30. The van der Waals surface area contributed by atoms with Crippen LogP contribution in [0.25, 0.3) is 11.0 Å². The van der Waals surface area contributed by atoms with Gasteiger partial charge >= 0.3 is 5.69 Å². The van der Waals surface area contributed by atoms with Crippen molar-refractivity contribution < 1.29 is 0 Å². The summed E-state index contributed by atoms with van der Waals surface area (Å²) in [4.78, 5) is 12.3. The van der Waals surface area contributed by atoms with Crippen molar-refractivity contribution in [1.82, 2.24) is 14.5 Å². The van der Waals surface area contributed by atoms with Crippen LogP contribution in [0.4, 0.5) is 0 Å². The van der Waals surface area contributed by atoms with Crippen molar-refractivity contribution in [3.8, 4) is 0 Å². The van der Waals surface area contributed by atoms with Crippen molar-refractivity contribution in [2.24, 2.45) is 7.05 Å². The van der Waals surface area contributed by atoms with Gasteiger partial charge in [-0.15, -0.1) is 0 Å². The minimum Gasteiger partial charge on any atom is -0.317 e. The zero-order valence-electron chi connectivity index (χ0n) is 11.3. The van der Waals surface area contributed by atoms with Crippen molar-refractivity contribution in [3.63, 3.8) is 0 Å². The minimum absolute atomic E-state index is 0.0696. The van der Waals surface area contributed by atoms with Gasteiger partial charge in [0.05, 0.1) is 11.0 Å². The molecule has 0 saturated heterocycles. The van der Waals surface area contributed by atoms with Gasteiger partial charge in [-0.1, -0.05) is 19.1 Å². The van der Waals surface area contributed by atoms with E-state index in [1.165, 1.54) is 0 Å². The average molecular weight is 247 g/mol. The van der Waals surface area contributed by atoms with Gasteiger partial charge in [0.1, 0.15) is 0 Å². The highest BCUT2D eigenvalue weighted by atomic mass is 16.1. The van der Waals surface area contributed by atoms with Crippen LogP contribution in [0.2, 0.25) is 0 Å². The average Bonchev–Trinajstić information content (AvgIpc) is 2.63. The van der Waals surface area contributed by atoms with Crippen LogP contribution in [-0.4, -0.2) is 22.2 Å². The molecular weight excluding hydrogens is 226 g/mol. The van der Waals surface area contributed by atoms with Gasteiger partial charge in [-0.3, -0.25) is 9.13 Å². The molecule has 0 amide bonds. The molecule has 0 aliphatic heterocycles. The number of aromatic nitrogens is 2. The molecule has 2 rings (SSSR count). The number of aryl methyl sites for hydroxylation is 1. The van der Waals surface area contributed by atoms with E-state index < -0.39 is 0 Å². The molecule has 1 aromatic carbocycles. The van der Waals surface area contributed by atoms with E-state index in [2.05, 4.69) is 19.2 Å².